The van der Waals surface area contributed by atoms with Crippen LogP contribution in [0.4, 0.5) is 11.4 Å². The molecule has 0 aliphatic rings. The summed E-state index contributed by atoms with van der Waals surface area (Å²) in [6, 6.07) is 2.93. The van der Waals surface area contributed by atoms with Gasteiger partial charge < -0.3 is 10.1 Å². The lowest BCUT2D eigenvalue weighted by atomic mass is 9.84. The standard InChI is InChI=1S/C14H18N2O5/c1-8(17)15-11-10(14(2,3)4)7-6-9(13(18)21-5)12(11)16(19)20/h6-7H,1-5H3,(H,15,17). The third-order valence-electron chi connectivity index (χ3n) is 2.87. The molecule has 21 heavy (non-hydrogen) atoms. The highest BCUT2D eigenvalue weighted by molar-refractivity contribution is 6.01. The molecule has 1 amide bonds. The van der Waals surface area contributed by atoms with E-state index in [1.54, 1.807) is 6.07 Å². The van der Waals surface area contributed by atoms with Crippen LogP contribution >= 0.6 is 0 Å². The van der Waals surface area contributed by atoms with Gasteiger partial charge in [-0.25, -0.2) is 4.79 Å². The van der Waals surface area contributed by atoms with E-state index < -0.39 is 27.9 Å². The number of methoxy groups -OCH3 is 1. The van der Waals surface area contributed by atoms with Crippen molar-refractivity contribution in [3.63, 3.8) is 0 Å². The van der Waals surface area contributed by atoms with E-state index in [0.717, 1.165) is 7.11 Å². The van der Waals surface area contributed by atoms with Gasteiger partial charge in [0.1, 0.15) is 11.3 Å². The van der Waals surface area contributed by atoms with Crippen LogP contribution in [-0.2, 0) is 14.9 Å². The molecule has 0 saturated heterocycles. The van der Waals surface area contributed by atoms with Crippen molar-refractivity contribution in [1.82, 2.24) is 0 Å². The molecule has 114 valence electrons. The fraction of sp³-hybridized carbons (Fsp3) is 0.429. The predicted octanol–water partition coefficient (Wildman–Crippen LogP) is 2.64. The number of benzene rings is 1. The molecule has 1 N–H and O–H groups in total. The highest BCUT2D eigenvalue weighted by Crippen LogP contribution is 2.39. The number of amides is 1. The zero-order valence-electron chi connectivity index (χ0n) is 12.6. The van der Waals surface area contributed by atoms with Crippen molar-refractivity contribution in [2.45, 2.75) is 33.1 Å². The molecule has 0 unspecified atom stereocenters. The lowest BCUT2D eigenvalue weighted by Gasteiger charge is -2.23. The van der Waals surface area contributed by atoms with Crippen molar-refractivity contribution in [2.24, 2.45) is 0 Å². The number of ether oxygens (including phenoxy) is 1. The van der Waals surface area contributed by atoms with Gasteiger partial charge in [0.25, 0.3) is 0 Å². The van der Waals surface area contributed by atoms with Crippen LogP contribution in [0.1, 0.15) is 43.6 Å². The van der Waals surface area contributed by atoms with E-state index in [0.29, 0.717) is 5.56 Å². The average Bonchev–Trinajstić information content (AvgIpc) is 2.34. The summed E-state index contributed by atoms with van der Waals surface area (Å²) in [5.41, 5.74) is -0.499. The molecule has 1 aromatic rings. The van der Waals surface area contributed by atoms with Crippen molar-refractivity contribution in [3.05, 3.63) is 33.4 Å². The summed E-state index contributed by atoms with van der Waals surface area (Å²) in [6.07, 6.45) is 0. The molecule has 1 aromatic carbocycles. The molecule has 1 rings (SSSR count). The van der Waals surface area contributed by atoms with Crippen LogP contribution in [0.3, 0.4) is 0 Å². The van der Waals surface area contributed by atoms with E-state index in [1.807, 2.05) is 20.8 Å². The Balaban J connectivity index is 3.74. The summed E-state index contributed by atoms with van der Waals surface area (Å²) in [5, 5.41) is 13.8. The lowest BCUT2D eigenvalue weighted by molar-refractivity contribution is -0.384. The lowest BCUT2D eigenvalue weighted by Crippen LogP contribution is -2.20. The molecule has 0 aliphatic carbocycles. The van der Waals surface area contributed by atoms with E-state index >= 15 is 0 Å². The van der Waals surface area contributed by atoms with Gasteiger partial charge in [-0.2, -0.15) is 0 Å². The van der Waals surface area contributed by atoms with Gasteiger partial charge in [-0.3, -0.25) is 14.9 Å². The van der Waals surface area contributed by atoms with Crippen molar-refractivity contribution >= 4 is 23.3 Å². The van der Waals surface area contributed by atoms with Gasteiger partial charge in [-0.15, -0.1) is 0 Å². The summed E-state index contributed by atoms with van der Waals surface area (Å²) in [4.78, 5) is 33.7. The van der Waals surface area contributed by atoms with Crippen molar-refractivity contribution in [1.29, 1.82) is 0 Å². The maximum atomic E-state index is 11.7. The zero-order valence-corrected chi connectivity index (χ0v) is 12.6. The maximum Gasteiger partial charge on any atom is 0.344 e. The second-order valence-corrected chi connectivity index (χ2v) is 5.56. The van der Waals surface area contributed by atoms with Crippen molar-refractivity contribution in [2.75, 3.05) is 12.4 Å². The number of nitro benzene ring substituents is 1. The molecule has 7 heteroatoms. The topological polar surface area (TPSA) is 98.5 Å². The fourth-order valence-electron chi connectivity index (χ4n) is 1.98. The number of anilines is 1. The number of nitro groups is 1. The number of esters is 1. The number of hydrogen-bond acceptors (Lipinski definition) is 5. The van der Waals surface area contributed by atoms with Crippen LogP contribution < -0.4 is 5.32 Å². The summed E-state index contributed by atoms with van der Waals surface area (Å²) in [7, 11) is 1.14. The van der Waals surface area contributed by atoms with Crippen molar-refractivity contribution < 1.29 is 19.2 Å². The molecule has 0 fully saturated rings. The fourth-order valence-corrected chi connectivity index (χ4v) is 1.98. The highest BCUT2D eigenvalue weighted by atomic mass is 16.6. The summed E-state index contributed by atoms with van der Waals surface area (Å²) >= 11 is 0. The Morgan fingerprint density at radius 3 is 2.24 bits per heavy atom. The van der Waals surface area contributed by atoms with Gasteiger partial charge >= 0.3 is 11.7 Å². The molecule has 0 spiro atoms. The maximum absolute atomic E-state index is 11.7. The number of nitrogens with zero attached hydrogens (tertiary/aromatic N) is 1. The largest absolute Gasteiger partial charge is 0.465 e. The third-order valence-corrected chi connectivity index (χ3v) is 2.87. The zero-order chi connectivity index (χ0) is 16.4. The molecule has 0 aliphatic heterocycles. The molecule has 0 saturated carbocycles. The van der Waals surface area contributed by atoms with E-state index in [-0.39, 0.29) is 11.3 Å². The van der Waals surface area contributed by atoms with Gasteiger partial charge in [0.15, 0.2) is 0 Å². The van der Waals surface area contributed by atoms with Gasteiger partial charge in [-0.1, -0.05) is 26.8 Å². The molecule has 0 aromatic heterocycles. The first-order valence-corrected chi connectivity index (χ1v) is 6.27. The SMILES string of the molecule is COC(=O)c1ccc(C(C)(C)C)c(NC(C)=O)c1[N+](=O)[O-]. The second-order valence-electron chi connectivity index (χ2n) is 5.56. The first-order chi connectivity index (χ1) is 9.59. The number of carbonyl (C=O) groups excluding carboxylic acids is 2. The monoisotopic (exact) mass is 294 g/mol. The quantitative estimate of drug-likeness (QED) is 0.525. The van der Waals surface area contributed by atoms with E-state index in [4.69, 9.17) is 0 Å². The van der Waals surface area contributed by atoms with Crippen LogP contribution in [0.2, 0.25) is 0 Å². The summed E-state index contributed by atoms with van der Waals surface area (Å²) in [6.45, 7) is 6.82. The minimum atomic E-state index is -0.825. The molecule has 0 bridgehead atoms. The van der Waals surface area contributed by atoms with E-state index in [1.165, 1.54) is 13.0 Å². The number of nitrogens with one attached hydrogen (secondary N) is 1. The highest BCUT2D eigenvalue weighted by Gasteiger charge is 2.32. The van der Waals surface area contributed by atoms with Crippen LogP contribution in [-0.4, -0.2) is 23.9 Å². The molecule has 7 nitrogen and oxygen atoms in total. The first-order valence-electron chi connectivity index (χ1n) is 6.27. The Morgan fingerprint density at radius 2 is 1.86 bits per heavy atom. The number of hydrogen-bond donors (Lipinski definition) is 1. The van der Waals surface area contributed by atoms with Crippen LogP contribution in [0.25, 0.3) is 0 Å². The van der Waals surface area contributed by atoms with Crippen LogP contribution in [0, 0.1) is 10.1 Å². The predicted molar refractivity (Wildman–Crippen MR) is 77.4 cm³/mol. The third kappa shape index (κ3) is 3.56. The van der Waals surface area contributed by atoms with Crippen molar-refractivity contribution in [3.8, 4) is 0 Å². The Labute approximate surface area is 122 Å². The Hall–Kier alpha value is -2.44. The number of rotatable bonds is 3. The van der Waals surface area contributed by atoms with Gasteiger partial charge in [0, 0.05) is 6.92 Å². The Kier molecular flexibility index (Phi) is 4.67. The Bertz CT molecular complexity index is 602. The van der Waals surface area contributed by atoms with Gasteiger partial charge in [0.05, 0.1) is 12.0 Å². The normalized spacial score (nSPS) is 10.9. The van der Waals surface area contributed by atoms with Crippen LogP contribution in [0.15, 0.2) is 12.1 Å². The van der Waals surface area contributed by atoms with Crippen LogP contribution in [0.5, 0.6) is 0 Å². The number of carbonyl (C=O) groups is 2. The summed E-state index contributed by atoms with van der Waals surface area (Å²) < 4.78 is 4.56. The second kappa shape index (κ2) is 5.90. The minimum Gasteiger partial charge on any atom is -0.465 e. The molecular formula is C14H18N2O5. The van der Waals surface area contributed by atoms with E-state index in [2.05, 4.69) is 10.1 Å². The first kappa shape index (κ1) is 16.6. The molecule has 0 radical (unpaired) electrons. The average molecular weight is 294 g/mol. The minimum absolute atomic E-state index is 0.0305. The molecular weight excluding hydrogens is 276 g/mol. The smallest absolute Gasteiger partial charge is 0.344 e. The summed E-state index contributed by atoms with van der Waals surface area (Å²) in [5.74, 6) is -1.28. The van der Waals surface area contributed by atoms with E-state index in [9.17, 15) is 19.7 Å². The molecule has 0 heterocycles. The Morgan fingerprint density at radius 1 is 1.29 bits per heavy atom. The van der Waals surface area contributed by atoms with Gasteiger partial charge in [-0.05, 0) is 17.0 Å². The van der Waals surface area contributed by atoms with Gasteiger partial charge in [0.2, 0.25) is 5.91 Å². The molecule has 0 atom stereocenters.